The average Bonchev–Trinajstić information content (AvgIpc) is 2.98. The normalized spacial score (nSPS) is 28.3. The number of hydrogen-bond acceptors (Lipinski definition) is 2. The van der Waals surface area contributed by atoms with Gasteiger partial charge in [-0.05, 0) is 37.0 Å². The molecule has 2 aliphatic rings. The van der Waals surface area contributed by atoms with Crippen LogP contribution >= 0.6 is 15.9 Å². The quantitative estimate of drug-likeness (QED) is 0.779. The molecule has 1 aromatic rings. The van der Waals surface area contributed by atoms with Crippen LogP contribution in [0.15, 0.2) is 22.7 Å². The maximum absolute atomic E-state index is 13.8. The van der Waals surface area contributed by atoms with Gasteiger partial charge in [-0.2, -0.15) is 0 Å². The molecule has 0 spiro atoms. The van der Waals surface area contributed by atoms with Crippen molar-refractivity contribution in [2.24, 2.45) is 17.8 Å². The summed E-state index contributed by atoms with van der Waals surface area (Å²) in [4.78, 5) is 26.1. The van der Waals surface area contributed by atoms with E-state index in [1.54, 1.807) is 12.1 Å². The Labute approximate surface area is 131 Å². The van der Waals surface area contributed by atoms with E-state index in [0.717, 1.165) is 23.7 Å². The lowest BCUT2D eigenvalue weighted by Gasteiger charge is -2.18. The maximum atomic E-state index is 13.8. The Balaban J connectivity index is 1.80. The van der Waals surface area contributed by atoms with Crippen molar-refractivity contribution in [2.75, 3.05) is 0 Å². The third-order valence-corrected chi connectivity index (χ3v) is 5.23. The van der Waals surface area contributed by atoms with Crippen LogP contribution in [-0.4, -0.2) is 16.7 Å². The molecule has 0 bridgehead atoms. The summed E-state index contributed by atoms with van der Waals surface area (Å²) < 4.78 is 14.6. The van der Waals surface area contributed by atoms with Gasteiger partial charge in [-0.3, -0.25) is 14.5 Å². The molecule has 1 aliphatic carbocycles. The summed E-state index contributed by atoms with van der Waals surface area (Å²) in [7, 11) is 0. The lowest BCUT2D eigenvalue weighted by molar-refractivity contribution is -0.141. The molecule has 0 N–H and O–H groups in total. The number of carbonyl (C=O) groups excluding carboxylic acids is 2. The number of likely N-dealkylation sites (tertiary alicyclic amines) is 1. The highest BCUT2D eigenvalue weighted by atomic mass is 79.9. The molecule has 1 aliphatic heterocycles. The van der Waals surface area contributed by atoms with E-state index >= 15 is 0 Å². The first-order chi connectivity index (χ1) is 10.0. The molecule has 1 aromatic carbocycles. The van der Waals surface area contributed by atoms with Crippen molar-refractivity contribution in [3.8, 4) is 0 Å². The topological polar surface area (TPSA) is 37.4 Å². The van der Waals surface area contributed by atoms with Crippen LogP contribution in [0.2, 0.25) is 0 Å². The van der Waals surface area contributed by atoms with Gasteiger partial charge in [0.15, 0.2) is 0 Å². The number of fused-ring (bicyclic) bond motifs is 1. The Bertz CT molecular complexity index is 580. The third kappa shape index (κ3) is 2.52. The van der Waals surface area contributed by atoms with E-state index in [1.807, 2.05) is 0 Å². The van der Waals surface area contributed by atoms with Crippen LogP contribution in [0, 0.1) is 23.6 Å². The molecule has 5 heteroatoms. The van der Waals surface area contributed by atoms with Crippen molar-refractivity contribution in [3.05, 3.63) is 34.1 Å². The molecular formula is C16H17BrFNO2. The van der Waals surface area contributed by atoms with Crippen molar-refractivity contribution >= 4 is 27.7 Å². The van der Waals surface area contributed by atoms with E-state index in [4.69, 9.17) is 0 Å². The first-order valence-electron chi connectivity index (χ1n) is 7.30. The van der Waals surface area contributed by atoms with E-state index in [0.29, 0.717) is 11.5 Å². The summed E-state index contributed by atoms with van der Waals surface area (Å²) in [6.07, 6.45) is 2.60. The minimum atomic E-state index is -0.387. The highest BCUT2D eigenvalue weighted by molar-refractivity contribution is 9.10. The van der Waals surface area contributed by atoms with Crippen LogP contribution < -0.4 is 0 Å². The molecule has 112 valence electrons. The van der Waals surface area contributed by atoms with Gasteiger partial charge in [0.1, 0.15) is 5.82 Å². The molecule has 2 fully saturated rings. The van der Waals surface area contributed by atoms with E-state index in [9.17, 15) is 14.0 Å². The van der Waals surface area contributed by atoms with Crippen LogP contribution in [0.4, 0.5) is 4.39 Å². The van der Waals surface area contributed by atoms with Crippen molar-refractivity contribution in [1.82, 2.24) is 4.90 Å². The number of amides is 2. The minimum absolute atomic E-state index is 0.0345. The van der Waals surface area contributed by atoms with E-state index in [-0.39, 0.29) is 36.0 Å². The molecule has 2 atom stereocenters. The SMILES string of the molecule is CCC1CC2C(=O)N(Cc3cc(Br)ccc3F)C(=O)C2C1. The van der Waals surface area contributed by atoms with E-state index < -0.39 is 0 Å². The summed E-state index contributed by atoms with van der Waals surface area (Å²) in [5.74, 6) is -0.532. The fourth-order valence-electron chi connectivity index (χ4n) is 3.52. The molecule has 0 aromatic heterocycles. The molecule has 1 saturated heterocycles. The number of halogens is 2. The van der Waals surface area contributed by atoms with Crippen LogP contribution in [0.25, 0.3) is 0 Å². The Morgan fingerprint density at radius 1 is 1.24 bits per heavy atom. The Kier molecular flexibility index (Phi) is 3.86. The molecule has 0 radical (unpaired) electrons. The molecule has 2 unspecified atom stereocenters. The number of nitrogens with zero attached hydrogens (tertiary/aromatic N) is 1. The molecule has 1 saturated carbocycles. The van der Waals surface area contributed by atoms with Gasteiger partial charge >= 0.3 is 0 Å². The predicted molar refractivity (Wildman–Crippen MR) is 79.7 cm³/mol. The lowest BCUT2D eigenvalue weighted by Crippen LogP contribution is -2.32. The first kappa shape index (κ1) is 14.7. The summed E-state index contributed by atoms with van der Waals surface area (Å²) in [5, 5.41) is 0. The van der Waals surface area contributed by atoms with Gasteiger partial charge in [0, 0.05) is 10.0 Å². The Morgan fingerprint density at radius 2 is 1.86 bits per heavy atom. The molecular weight excluding hydrogens is 337 g/mol. The maximum Gasteiger partial charge on any atom is 0.233 e. The summed E-state index contributed by atoms with van der Waals surface area (Å²) in [6.45, 7) is 2.13. The molecule has 3 nitrogen and oxygen atoms in total. The van der Waals surface area contributed by atoms with Crippen LogP contribution in [0.5, 0.6) is 0 Å². The van der Waals surface area contributed by atoms with Crippen LogP contribution in [0.3, 0.4) is 0 Å². The van der Waals surface area contributed by atoms with Gasteiger partial charge in [-0.1, -0.05) is 29.3 Å². The second-order valence-corrected chi connectivity index (χ2v) is 6.87. The zero-order chi connectivity index (χ0) is 15.1. The lowest BCUT2D eigenvalue weighted by atomic mass is 10.00. The summed E-state index contributed by atoms with van der Waals surface area (Å²) in [6, 6.07) is 4.57. The second kappa shape index (κ2) is 5.52. The summed E-state index contributed by atoms with van der Waals surface area (Å²) >= 11 is 3.29. The standard InChI is InChI=1S/C16H17BrFNO2/c1-2-9-5-12-13(6-9)16(21)19(15(12)20)8-10-7-11(17)3-4-14(10)18/h3-4,7,9,12-13H,2,5-6,8H2,1H3. The number of carbonyl (C=O) groups is 2. The highest BCUT2D eigenvalue weighted by Gasteiger charge is 2.52. The first-order valence-corrected chi connectivity index (χ1v) is 8.09. The monoisotopic (exact) mass is 353 g/mol. The third-order valence-electron chi connectivity index (χ3n) is 4.74. The molecule has 3 rings (SSSR count). The van der Waals surface area contributed by atoms with Crippen LogP contribution in [0.1, 0.15) is 31.7 Å². The van der Waals surface area contributed by atoms with Crippen molar-refractivity contribution in [3.63, 3.8) is 0 Å². The minimum Gasteiger partial charge on any atom is -0.278 e. The van der Waals surface area contributed by atoms with Crippen molar-refractivity contribution in [2.45, 2.75) is 32.7 Å². The zero-order valence-electron chi connectivity index (χ0n) is 11.8. The Hall–Kier alpha value is -1.23. The van der Waals surface area contributed by atoms with Gasteiger partial charge in [0.25, 0.3) is 0 Å². The highest BCUT2D eigenvalue weighted by Crippen LogP contribution is 2.44. The molecule has 21 heavy (non-hydrogen) atoms. The number of rotatable bonds is 3. The average molecular weight is 354 g/mol. The number of benzene rings is 1. The van der Waals surface area contributed by atoms with E-state index in [1.165, 1.54) is 11.0 Å². The zero-order valence-corrected chi connectivity index (χ0v) is 13.4. The van der Waals surface area contributed by atoms with Crippen LogP contribution in [-0.2, 0) is 16.1 Å². The Morgan fingerprint density at radius 3 is 2.43 bits per heavy atom. The van der Waals surface area contributed by atoms with Crippen molar-refractivity contribution in [1.29, 1.82) is 0 Å². The predicted octanol–water partition coefficient (Wildman–Crippen LogP) is 3.51. The molecule has 2 amide bonds. The largest absolute Gasteiger partial charge is 0.278 e. The van der Waals surface area contributed by atoms with Gasteiger partial charge in [0.05, 0.1) is 18.4 Å². The van der Waals surface area contributed by atoms with Gasteiger partial charge in [0.2, 0.25) is 11.8 Å². The van der Waals surface area contributed by atoms with Gasteiger partial charge in [-0.25, -0.2) is 4.39 Å². The fraction of sp³-hybridized carbons (Fsp3) is 0.500. The fourth-order valence-corrected chi connectivity index (χ4v) is 3.93. The van der Waals surface area contributed by atoms with Gasteiger partial charge in [-0.15, -0.1) is 0 Å². The van der Waals surface area contributed by atoms with E-state index in [2.05, 4.69) is 22.9 Å². The van der Waals surface area contributed by atoms with Crippen molar-refractivity contribution < 1.29 is 14.0 Å². The number of imide groups is 1. The second-order valence-electron chi connectivity index (χ2n) is 5.96. The number of hydrogen-bond donors (Lipinski definition) is 0. The van der Waals surface area contributed by atoms with Gasteiger partial charge < -0.3 is 0 Å². The summed E-state index contributed by atoms with van der Waals surface area (Å²) in [5.41, 5.74) is 0.373. The molecule has 1 heterocycles. The smallest absolute Gasteiger partial charge is 0.233 e.